The van der Waals surface area contributed by atoms with Gasteiger partial charge in [-0.05, 0) is 44.5 Å². The highest BCUT2D eigenvalue weighted by atomic mass is 32.1. The Morgan fingerprint density at radius 2 is 1.62 bits per heavy atom. The van der Waals surface area contributed by atoms with E-state index >= 15 is 0 Å². The lowest BCUT2D eigenvalue weighted by Gasteiger charge is -2.35. The molecule has 1 aliphatic heterocycles. The van der Waals surface area contributed by atoms with E-state index in [1.54, 1.807) is 23.7 Å². The standard InChI is InChI=1S/C24H26N6OS/c1-4-31-19-8-6-18(7-9-19)20-16(2)32-23-21(20)22(27-17(3)28-23)29-12-14-30(15-13-29)24-25-10-5-11-26-24/h5-11H,4,12-15H2,1-3H3. The van der Waals surface area contributed by atoms with Crippen LogP contribution in [0.25, 0.3) is 21.3 Å². The highest BCUT2D eigenvalue weighted by Crippen LogP contribution is 2.42. The molecule has 1 aromatic carbocycles. The number of anilines is 2. The van der Waals surface area contributed by atoms with Crippen molar-refractivity contribution in [2.24, 2.45) is 0 Å². The van der Waals surface area contributed by atoms with Crippen molar-refractivity contribution in [2.75, 3.05) is 42.6 Å². The van der Waals surface area contributed by atoms with E-state index in [4.69, 9.17) is 14.7 Å². The monoisotopic (exact) mass is 446 g/mol. The fourth-order valence-electron chi connectivity index (χ4n) is 4.23. The van der Waals surface area contributed by atoms with E-state index in [2.05, 4.69) is 38.8 Å². The Labute approximate surface area is 191 Å². The summed E-state index contributed by atoms with van der Waals surface area (Å²) in [5.74, 6) is 3.51. The minimum absolute atomic E-state index is 0.664. The second kappa shape index (κ2) is 8.70. The number of piperazine rings is 1. The Kier molecular flexibility index (Phi) is 5.61. The Morgan fingerprint density at radius 3 is 2.31 bits per heavy atom. The van der Waals surface area contributed by atoms with Gasteiger partial charge in [0.1, 0.15) is 22.2 Å². The van der Waals surface area contributed by atoms with Gasteiger partial charge >= 0.3 is 0 Å². The van der Waals surface area contributed by atoms with Crippen LogP contribution < -0.4 is 14.5 Å². The topological polar surface area (TPSA) is 67.3 Å². The maximum absolute atomic E-state index is 5.63. The van der Waals surface area contributed by atoms with E-state index < -0.39 is 0 Å². The number of hydrogen-bond acceptors (Lipinski definition) is 8. The van der Waals surface area contributed by atoms with Crippen molar-refractivity contribution < 1.29 is 4.74 Å². The lowest BCUT2D eigenvalue weighted by molar-refractivity contribution is 0.340. The third-order valence-corrected chi connectivity index (χ3v) is 6.69. The average Bonchev–Trinajstić information content (AvgIpc) is 3.15. The number of fused-ring (bicyclic) bond motifs is 1. The van der Waals surface area contributed by atoms with Gasteiger partial charge < -0.3 is 14.5 Å². The quantitative estimate of drug-likeness (QED) is 0.447. The van der Waals surface area contributed by atoms with Crippen molar-refractivity contribution in [3.8, 4) is 16.9 Å². The number of nitrogens with zero attached hydrogens (tertiary/aromatic N) is 6. The summed E-state index contributed by atoms with van der Waals surface area (Å²) in [6.07, 6.45) is 3.59. The Balaban J connectivity index is 1.51. The van der Waals surface area contributed by atoms with Crippen molar-refractivity contribution in [3.63, 3.8) is 0 Å². The number of rotatable bonds is 5. The molecule has 0 atom stereocenters. The van der Waals surface area contributed by atoms with E-state index in [0.717, 1.165) is 59.7 Å². The molecule has 0 amide bonds. The van der Waals surface area contributed by atoms with Crippen LogP contribution in [0.4, 0.5) is 11.8 Å². The number of benzene rings is 1. The molecule has 4 heterocycles. The number of ether oxygens (including phenoxy) is 1. The summed E-state index contributed by atoms with van der Waals surface area (Å²) >= 11 is 1.74. The van der Waals surface area contributed by atoms with Gasteiger partial charge in [-0.15, -0.1) is 11.3 Å². The van der Waals surface area contributed by atoms with Crippen molar-refractivity contribution in [1.29, 1.82) is 0 Å². The van der Waals surface area contributed by atoms with Gasteiger partial charge in [-0.3, -0.25) is 0 Å². The summed E-state index contributed by atoms with van der Waals surface area (Å²) in [6, 6.07) is 10.2. The van der Waals surface area contributed by atoms with Crippen LogP contribution in [0.3, 0.4) is 0 Å². The molecule has 32 heavy (non-hydrogen) atoms. The highest BCUT2D eigenvalue weighted by molar-refractivity contribution is 7.19. The number of aryl methyl sites for hydroxylation is 2. The predicted molar refractivity (Wildman–Crippen MR) is 130 cm³/mol. The molecule has 8 heteroatoms. The second-order valence-electron chi connectivity index (χ2n) is 7.79. The fourth-order valence-corrected chi connectivity index (χ4v) is 5.32. The van der Waals surface area contributed by atoms with Crippen LogP contribution >= 0.6 is 11.3 Å². The van der Waals surface area contributed by atoms with Crippen molar-refractivity contribution in [3.05, 3.63) is 53.4 Å². The zero-order valence-corrected chi connectivity index (χ0v) is 19.4. The summed E-state index contributed by atoms with van der Waals surface area (Å²) in [4.78, 5) is 25.4. The zero-order valence-electron chi connectivity index (χ0n) is 18.6. The molecule has 0 aliphatic carbocycles. The normalized spacial score (nSPS) is 14.2. The number of hydrogen-bond donors (Lipinski definition) is 0. The third-order valence-electron chi connectivity index (χ3n) is 5.69. The first-order valence-corrected chi connectivity index (χ1v) is 11.7. The van der Waals surface area contributed by atoms with E-state index in [9.17, 15) is 0 Å². The largest absolute Gasteiger partial charge is 0.494 e. The maximum atomic E-state index is 5.63. The molecule has 164 valence electrons. The van der Waals surface area contributed by atoms with Gasteiger partial charge in [0, 0.05) is 49.0 Å². The molecule has 0 unspecified atom stereocenters. The lowest BCUT2D eigenvalue weighted by Crippen LogP contribution is -2.47. The SMILES string of the molecule is CCOc1ccc(-c2c(C)sc3nc(C)nc(N4CCN(c5ncccn5)CC4)c23)cc1. The first-order chi connectivity index (χ1) is 15.6. The van der Waals surface area contributed by atoms with Crippen LogP contribution in [0.5, 0.6) is 5.75 Å². The molecule has 1 saturated heterocycles. The summed E-state index contributed by atoms with van der Waals surface area (Å²) in [5.41, 5.74) is 2.39. The van der Waals surface area contributed by atoms with Crippen LogP contribution in [0.2, 0.25) is 0 Å². The highest BCUT2D eigenvalue weighted by Gasteiger charge is 2.25. The molecule has 0 radical (unpaired) electrons. The summed E-state index contributed by atoms with van der Waals surface area (Å²) in [6.45, 7) is 10.2. The van der Waals surface area contributed by atoms with Crippen LogP contribution in [0.1, 0.15) is 17.6 Å². The Morgan fingerprint density at radius 1 is 0.938 bits per heavy atom. The van der Waals surface area contributed by atoms with Gasteiger partial charge in [0.2, 0.25) is 5.95 Å². The van der Waals surface area contributed by atoms with Gasteiger partial charge in [0.15, 0.2) is 0 Å². The van der Waals surface area contributed by atoms with Gasteiger partial charge in [-0.1, -0.05) is 12.1 Å². The molecule has 0 bridgehead atoms. The Hall–Kier alpha value is -3.26. The predicted octanol–water partition coefficient (Wildman–Crippen LogP) is 4.49. The van der Waals surface area contributed by atoms with Gasteiger partial charge in [0.05, 0.1) is 12.0 Å². The number of aromatic nitrogens is 4. The summed E-state index contributed by atoms with van der Waals surface area (Å²) < 4.78 is 5.63. The van der Waals surface area contributed by atoms with Crippen LogP contribution in [0.15, 0.2) is 42.7 Å². The van der Waals surface area contributed by atoms with E-state index in [-0.39, 0.29) is 0 Å². The minimum Gasteiger partial charge on any atom is -0.494 e. The van der Waals surface area contributed by atoms with Crippen LogP contribution in [-0.4, -0.2) is 52.7 Å². The molecule has 4 aromatic rings. The average molecular weight is 447 g/mol. The molecule has 1 aliphatic rings. The maximum Gasteiger partial charge on any atom is 0.225 e. The molecule has 1 fully saturated rings. The molecular formula is C24H26N6OS. The van der Waals surface area contributed by atoms with Gasteiger partial charge in [-0.25, -0.2) is 19.9 Å². The zero-order chi connectivity index (χ0) is 22.1. The van der Waals surface area contributed by atoms with Gasteiger partial charge in [0.25, 0.3) is 0 Å². The fraction of sp³-hybridized carbons (Fsp3) is 0.333. The van der Waals surface area contributed by atoms with E-state index in [0.29, 0.717) is 6.61 Å². The molecule has 3 aromatic heterocycles. The van der Waals surface area contributed by atoms with Crippen molar-refractivity contribution >= 4 is 33.3 Å². The van der Waals surface area contributed by atoms with Crippen LogP contribution in [-0.2, 0) is 0 Å². The van der Waals surface area contributed by atoms with Crippen molar-refractivity contribution in [1.82, 2.24) is 19.9 Å². The lowest BCUT2D eigenvalue weighted by atomic mass is 10.0. The molecule has 7 nitrogen and oxygen atoms in total. The third kappa shape index (κ3) is 3.86. The molecule has 5 rings (SSSR count). The van der Waals surface area contributed by atoms with Crippen LogP contribution in [0, 0.1) is 13.8 Å². The molecule has 0 saturated carbocycles. The first-order valence-electron chi connectivity index (χ1n) is 10.9. The second-order valence-corrected chi connectivity index (χ2v) is 8.99. The molecule has 0 N–H and O–H groups in total. The van der Waals surface area contributed by atoms with Gasteiger partial charge in [-0.2, -0.15) is 0 Å². The smallest absolute Gasteiger partial charge is 0.225 e. The molecule has 0 spiro atoms. The first kappa shape index (κ1) is 20.6. The molecular weight excluding hydrogens is 420 g/mol. The van der Waals surface area contributed by atoms with E-state index in [1.807, 2.05) is 32.0 Å². The minimum atomic E-state index is 0.664. The Bertz CT molecular complexity index is 1220. The van der Waals surface area contributed by atoms with E-state index in [1.165, 1.54) is 16.0 Å². The number of thiophene rings is 1. The summed E-state index contributed by atoms with van der Waals surface area (Å²) in [5, 5.41) is 1.15. The van der Waals surface area contributed by atoms with Crippen molar-refractivity contribution in [2.45, 2.75) is 20.8 Å². The summed E-state index contributed by atoms with van der Waals surface area (Å²) in [7, 11) is 0.